The third kappa shape index (κ3) is 3.73. The maximum absolute atomic E-state index is 11.4. The Bertz CT molecular complexity index is 216. The Morgan fingerprint density at radius 1 is 1.31 bits per heavy atom. The molecule has 0 atom stereocenters. The van der Waals surface area contributed by atoms with E-state index in [2.05, 4.69) is 10.1 Å². The molecule has 5 heteroatoms. The number of hydrogen-bond donors (Lipinski definition) is 3. The molecule has 0 bridgehead atoms. The third-order valence-corrected chi connectivity index (χ3v) is 2.93. The minimum absolute atomic E-state index is 0.169. The lowest BCUT2D eigenvalue weighted by Gasteiger charge is -2.33. The Labute approximate surface area is 96.8 Å². The number of ether oxygens (including phenoxy) is 1. The molecule has 0 aromatic rings. The standard InChI is InChI=1S/C11H23NO4/c1-5-11(7-13,8-14)12-6-10(2,3)9(15)16-4/h12-14H,5-8H2,1-4H3. The average molecular weight is 233 g/mol. The molecule has 0 aliphatic rings. The van der Waals surface area contributed by atoms with E-state index >= 15 is 0 Å². The van der Waals surface area contributed by atoms with E-state index in [-0.39, 0.29) is 19.2 Å². The molecule has 0 spiro atoms. The molecule has 96 valence electrons. The highest BCUT2D eigenvalue weighted by atomic mass is 16.5. The molecule has 0 saturated heterocycles. The summed E-state index contributed by atoms with van der Waals surface area (Å²) in [5, 5.41) is 21.5. The van der Waals surface area contributed by atoms with Crippen LogP contribution in [0.5, 0.6) is 0 Å². The number of nitrogens with one attached hydrogen (secondary N) is 1. The Morgan fingerprint density at radius 2 is 1.81 bits per heavy atom. The summed E-state index contributed by atoms with van der Waals surface area (Å²) in [6.07, 6.45) is 0.581. The second-order valence-corrected chi connectivity index (χ2v) is 4.68. The van der Waals surface area contributed by atoms with Gasteiger partial charge in [-0.3, -0.25) is 4.79 Å². The first-order valence-electron chi connectivity index (χ1n) is 5.42. The second-order valence-electron chi connectivity index (χ2n) is 4.68. The Hall–Kier alpha value is -0.650. The lowest BCUT2D eigenvalue weighted by atomic mass is 9.90. The van der Waals surface area contributed by atoms with Gasteiger partial charge in [0, 0.05) is 6.54 Å². The molecule has 5 nitrogen and oxygen atoms in total. The van der Waals surface area contributed by atoms with Crippen LogP contribution >= 0.6 is 0 Å². The van der Waals surface area contributed by atoms with Crippen LogP contribution < -0.4 is 5.32 Å². The van der Waals surface area contributed by atoms with Crippen molar-refractivity contribution in [3.8, 4) is 0 Å². The molecule has 0 heterocycles. The number of carbonyl (C=O) groups is 1. The lowest BCUT2D eigenvalue weighted by Crippen LogP contribution is -2.55. The van der Waals surface area contributed by atoms with Crippen molar-refractivity contribution in [2.24, 2.45) is 5.41 Å². The summed E-state index contributed by atoms with van der Waals surface area (Å²) in [5.74, 6) is -0.319. The van der Waals surface area contributed by atoms with Crippen LogP contribution in [0.2, 0.25) is 0 Å². The number of aliphatic hydroxyl groups is 2. The molecule has 0 aromatic carbocycles. The molecule has 0 aliphatic carbocycles. The molecule has 0 aromatic heterocycles. The largest absolute Gasteiger partial charge is 0.469 e. The minimum atomic E-state index is -0.731. The van der Waals surface area contributed by atoms with Crippen molar-refractivity contribution < 1.29 is 19.7 Å². The van der Waals surface area contributed by atoms with Gasteiger partial charge in [0.05, 0.1) is 31.3 Å². The van der Waals surface area contributed by atoms with Crippen molar-refractivity contribution >= 4 is 5.97 Å². The van der Waals surface area contributed by atoms with Crippen LogP contribution in [-0.4, -0.2) is 48.6 Å². The molecule has 0 amide bonds. The maximum atomic E-state index is 11.4. The van der Waals surface area contributed by atoms with E-state index < -0.39 is 11.0 Å². The summed E-state index contributed by atoms with van der Waals surface area (Å²) in [4.78, 5) is 11.4. The fourth-order valence-corrected chi connectivity index (χ4v) is 1.27. The third-order valence-electron chi connectivity index (χ3n) is 2.93. The Morgan fingerprint density at radius 3 is 2.12 bits per heavy atom. The predicted molar refractivity (Wildman–Crippen MR) is 61.0 cm³/mol. The smallest absolute Gasteiger partial charge is 0.312 e. The van der Waals surface area contributed by atoms with Gasteiger partial charge in [0.25, 0.3) is 0 Å². The maximum Gasteiger partial charge on any atom is 0.312 e. The van der Waals surface area contributed by atoms with Crippen LogP contribution in [-0.2, 0) is 9.53 Å². The van der Waals surface area contributed by atoms with Gasteiger partial charge in [-0.05, 0) is 20.3 Å². The van der Waals surface area contributed by atoms with Crippen LogP contribution in [0.1, 0.15) is 27.2 Å². The average Bonchev–Trinajstić information content (AvgIpc) is 2.30. The van der Waals surface area contributed by atoms with Crippen molar-refractivity contribution in [2.75, 3.05) is 26.9 Å². The van der Waals surface area contributed by atoms with Crippen molar-refractivity contribution in [1.82, 2.24) is 5.32 Å². The van der Waals surface area contributed by atoms with E-state index in [1.165, 1.54) is 7.11 Å². The van der Waals surface area contributed by atoms with Gasteiger partial charge in [-0.2, -0.15) is 0 Å². The van der Waals surface area contributed by atoms with E-state index in [0.29, 0.717) is 13.0 Å². The second kappa shape index (κ2) is 6.18. The van der Waals surface area contributed by atoms with Gasteiger partial charge in [-0.25, -0.2) is 0 Å². The van der Waals surface area contributed by atoms with E-state index in [1.807, 2.05) is 6.92 Å². The Balaban J connectivity index is 4.46. The summed E-state index contributed by atoms with van der Waals surface area (Å²) >= 11 is 0. The van der Waals surface area contributed by atoms with Crippen LogP contribution in [0.15, 0.2) is 0 Å². The number of aliphatic hydroxyl groups excluding tert-OH is 2. The highest BCUT2D eigenvalue weighted by Gasteiger charge is 2.33. The van der Waals surface area contributed by atoms with Gasteiger partial charge in [0.15, 0.2) is 0 Å². The van der Waals surface area contributed by atoms with Gasteiger partial charge >= 0.3 is 5.97 Å². The van der Waals surface area contributed by atoms with Gasteiger partial charge in [-0.1, -0.05) is 6.92 Å². The monoisotopic (exact) mass is 233 g/mol. The van der Waals surface area contributed by atoms with E-state index in [0.717, 1.165) is 0 Å². The van der Waals surface area contributed by atoms with Gasteiger partial charge in [0.2, 0.25) is 0 Å². The molecular formula is C11H23NO4. The van der Waals surface area contributed by atoms with E-state index in [4.69, 9.17) is 0 Å². The van der Waals surface area contributed by atoms with Crippen LogP contribution in [0.3, 0.4) is 0 Å². The number of rotatable bonds is 7. The highest BCUT2D eigenvalue weighted by Crippen LogP contribution is 2.18. The SMILES string of the molecule is CCC(CO)(CO)NCC(C)(C)C(=O)OC. The molecule has 0 fully saturated rings. The Kier molecular flexibility index (Phi) is 5.92. The number of methoxy groups -OCH3 is 1. The number of carbonyl (C=O) groups excluding carboxylic acids is 1. The van der Waals surface area contributed by atoms with Gasteiger partial charge in [0.1, 0.15) is 0 Å². The first kappa shape index (κ1) is 15.3. The van der Waals surface area contributed by atoms with Gasteiger partial charge in [-0.15, -0.1) is 0 Å². The number of hydrogen-bond acceptors (Lipinski definition) is 5. The molecule has 0 saturated carbocycles. The molecule has 0 aliphatic heterocycles. The summed E-state index contributed by atoms with van der Waals surface area (Å²) in [7, 11) is 1.34. The van der Waals surface area contributed by atoms with Gasteiger partial charge < -0.3 is 20.3 Å². The molecule has 0 unspecified atom stereocenters. The number of esters is 1. The topological polar surface area (TPSA) is 78.8 Å². The molecular weight excluding hydrogens is 210 g/mol. The van der Waals surface area contributed by atoms with E-state index in [9.17, 15) is 15.0 Å². The fraction of sp³-hybridized carbons (Fsp3) is 0.909. The zero-order valence-corrected chi connectivity index (χ0v) is 10.5. The molecule has 16 heavy (non-hydrogen) atoms. The normalized spacial score (nSPS) is 12.6. The first-order valence-corrected chi connectivity index (χ1v) is 5.42. The highest BCUT2D eigenvalue weighted by molar-refractivity contribution is 5.76. The van der Waals surface area contributed by atoms with E-state index in [1.54, 1.807) is 13.8 Å². The zero-order chi connectivity index (χ0) is 12.8. The summed E-state index contributed by atoms with van der Waals surface area (Å²) < 4.78 is 4.68. The van der Waals surface area contributed by atoms with Crippen molar-refractivity contribution in [3.63, 3.8) is 0 Å². The fourth-order valence-electron chi connectivity index (χ4n) is 1.27. The van der Waals surface area contributed by atoms with Crippen LogP contribution in [0, 0.1) is 5.41 Å². The summed E-state index contributed by atoms with van der Waals surface area (Å²) in [5.41, 5.74) is -1.41. The minimum Gasteiger partial charge on any atom is -0.469 e. The summed E-state index contributed by atoms with van der Waals surface area (Å²) in [6.45, 7) is 5.37. The first-order chi connectivity index (χ1) is 7.37. The van der Waals surface area contributed by atoms with Crippen molar-refractivity contribution in [2.45, 2.75) is 32.7 Å². The molecule has 3 N–H and O–H groups in total. The summed E-state index contributed by atoms with van der Waals surface area (Å²) in [6, 6.07) is 0. The van der Waals surface area contributed by atoms with Crippen molar-refractivity contribution in [3.05, 3.63) is 0 Å². The van der Waals surface area contributed by atoms with Crippen molar-refractivity contribution in [1.29, 1.82) is 0 Å². The molecule has 0 radical (unpaired) electrons. The van der Waals surface area contributed by atoms with Crippen LogP contribution in [0.25, 0.3) is 0 Å². The predicted octanol–water partition coefficient (Wildman–Crippen LogP) is -0.0914. The van der Waals surface area contributed by atoms with Crippen LogP contribution in [0.4, 0.5) is 0 Å². The lowest BCUT2D eigenvalue weighted by molar-refractivity contribution is -0.150. The quantitative estimate of drug-likeness (QED) is 0.536. The molecule has 0 rings (SSSR count). The zero-order valence-electron chi connectivity index (χ0n) is 10.5.